The standard InChI is InChI=1S/C14H19N3S/c1-17-14-4-2-3-13(12(14)9-16-17)15-7-5-11-6-8-18-10-11/h6,8-10,13,15H,2-5,7H2,1H3. The minimum absolute atomic E-state index is 0.501. The van der Waals surface area contributed by atoms with E-state index in [2.05, 4.69) is 27.2 Å². The normalized spacial score (nSPS) is 18.8. The zero-order valence-corrected chi connectivity index (χ0v) is 11.5. The van der Waals surface area contributed by atoms with Crippen LogP contribution in [0.15, 0.2) is 23.0 Å². The highest BCUT2D eigenvalue weighted by Gasteiger charge is 2.22. The molecule has 1 N–H and O–H groups in total. The van der Waals surface area contributed by atoms with E-state index in [-0.39, 0.29) is 0 Å². The van der Waals surface area contributed by atoms with E-state index in [0.29, 0.717) is 6.04 Å². The van der Waals surface area contributed by atoms with E-state index in [9.17, 15) is 0 Å². The molecule has 0 fully saturated rings. The topological polar surface area (TPSA) is 29.9 Å². The monoisotopic (exact) mass is 261 g/mol. The van der Waals surface area contributed by atoms with Gasteiger partial charge in [0.15, 0.2) is 0 Å². The predicted octanol–water partition coefficient (Wildman–Crippen LogP) is 2.69. The van der Waals surface area contributed by atoms with Crippen LogP contribution in [0.1, 0.15) is 35.7 Å². The number of nitrogens with one attached hydrogen (secondary N) is 1. The van der Waals surface area contributed by atoms with E-state index in [1.54, 1.807) is 11.3 Å². The summed E-state index contributed by atoms with van der Waals surface area (Å²) in [4.78, 5) is 0. The first kappa shape index (κ1) is 11.9. The third kappa shape index (κ3) is 2.35. The molecule has 0 amide bonds. The predicted molar refractivity (Wildman–Crippen MR) is 74.9 cm³/mol. The van der Waals surface area contributed by atoms with Crippen molar-refractivity contribution in [3.63, 3.8) is 0 Å². The van der Waals surface area contributed by atoms with Gasteiger partial charge in [0, 0.05) is 24.3 Å². The Morgan fingerprint density at radius 1 is 1.56 bits per heavy atom. The van der Waals surface area contributed by atoms with Gasteiger partial charge in [-0.05, 0) is 54.6 Å². The Bertz CT molecular complexity index is 501. The highest BCUT2D eigenvalue weighted by molar-refractivity contribution is 7.07. The molecule has 2 aromatic rings. The van der Waals surface area contributed by atoms with Crippen molar-refractivity contribution in [2.45, 2.75) is 31.7 Å². The van der Waals surface area contributed by atoms with Crippen LogP contribution >= 0.6 is 11.3 Å². The van der Waals surface area contributed by atoms with Gasteiger partial charge in [0.1, 0.15) is 0 Å². The van der Waals surface area contributed by atoms with Gasteiger partial charge in [0.05, 0.1) is 6.20 Å². The molecule has 3 rings (SSSR count). The van der Waals surface area contributed by atoms with Gasteiger partial charge in [-0.2, -0.15) is 16.4 Å². The van der Waals surface area contributed by atoms with Crippen molar-refractivity contribution in [3.8, 4) is 0 Å². The van der Waals surface area contributed by atoms with Crippen molar-refractivity contribution in [2.24, 2.45) is 7.05 Å². The Labute approximate surface area is 112 Å². The number of nitrogens with zero attached hydrogens (tertiary/aromatic N) is 2. The third-order valence-corrected chi connectivity index (χ3v) is 4.49. The first-order valence-electron chi connectivity index (χ1n) is 6.60. The zero-order chi connectivity index (χ0) is 12.4. The summed E-state index contributed by atoms with van der Waals surface area (Å²) < 4.78 is 2.03. The Morgan fingerprint density at radius 2 is 2.50 bits per heavy atom. The number of aromatic nitrogens is 2. The molecule has 0 bridgehead atoms. The smallest absolute Gasteiger partial charge is 0.0540 e. The van der Waals surface area contributed by atoms with Gasteiger partial charge in [-0.25, -0.2) is 0 Å². The van der Waals surface area contributed by atoms with E-state index < -0.39 is 0 Å². The van der Waals surface area contributed by atoms with Crippen molar-refractivity contribution < 1.29 is 0 Å². The van der Waals surface area contributed by atoms with Crippen molar-refractivity contribution in [2.75, 3.05) is 6.54 Å². The molecule has 0 saturated carbocycles. The van der Waals surface area contributed by atoms with Crippen molar-refractivity contribution in [1.82, 2.24) is 15.1 Å². The maximum Gasteiger partial charge on any atom is 0.0540 e. The van der Waals surface area contributed by atoms with E-state index >= 15 is 0 Å². The average molecular weight is 261 g/mol. The number of aryl methyl sites for hydroxylation is 1. The van der Waals surface area contributed by atoms with Crippen molar-refractivity contribution in [3.05, 3.63) is 39.8 Å². The molecule has 2 aromatic heterocycles. The van der Waals surface area contributed by atoms with Crippen LogP contribution in [-0.2, 0) is 19.9 Å². The molecule has 0 radical (unpaired) electrons. The summed E-state index contributed by atoms with van der Waals surface area (Å²) in [6.45, 7) is 1.05. The van der Waals surface area contributed by atoms with Gasteiger partial charge in [-0.1, -0.05) is 0 Å². The van der Waals surface area contributed by atoms with E-state index in [0.717, 1.165) is 13.0 Å². The molecule has 96 valence electrons. The quantitative estimate of drug-likeness (QED) is 0.917. The molecule has 3 nitrogen and oxygen atoms in total. The van der Waals surface area contributed by atoms with Crippen LogP contribution in [-0.4, -0.2) is 16.3 Å². The lowest BCUT2D eigenvalue weighted by atomic mass is 9.93. The van der Waals surface area contributed by atoms with Gasteiger partial charge >= 0.3 is 0 Å². The third-order valence-electron chi connectivity index (χ3n) is 3.76. The summed E-state index contributed by atoms with van der Waals surface area (Å²) in [6, 6.07) is 2.71. The lowest BCUT2D eigenvalue weighted by Gasteiger charge is -2.23. The van der Waals surface area contributed by atoms with Gasteiger partial charge in [-0.15, -0.1) is 0 Å². The van der Waals surface area contributed by atoms with Crippen LogP contribution in [0.2, 0.25) is 0 Å². The summed E-state index contributed by atoms with van der Waals surface area (Å²) >= 11 is 1.78. The molecule has 0 aliphatic heterocycles. The maximum atomic E-state index is 4.38. The van der Waals surface area contributed by atoms with Crippen LogP contribution in [0.3, 0.4) is 0 Å². The molecular formula is C14H19N3S. The molecule has 2 heterocycles. The lowest BCUT2D eigenvalue weighted by Crippen LogP contribution is -2.27. The molecular weight excluding hydrogens is 242 g/mol. The second kappa shape index (κ2) is 5.24. The molecule has 1 aliphatic rings. The van der Waals surface area contributed by atoms with Crippen LogP contribution in [0.25, 0.3) is 0 Å². The van der Waals surface area contributed by atoms with E-state index in [4.69, 9.17) is 0 Å². The Kier molecular flexibility index (Phi) is 3.48. The first-order valence-corrected chi connectivity index (χ1v) is 7.54. The zero-order valence-electron chi connectivity index (χ0n) is 10.7. The van der Waals surface area contributed by atoms with Gasteiger partial charge in [0.25, 0.3) is 0 Å². The Morgan fingerprint density at radius 3 is 3.33 bits per heavy atom. The molecule has 18 heavy (non-hydrogen) atoms. The molecule has 0 aromatic carbocycles. The number of fused-ring (bicyclic) bond motifs is 1. The maximum absolute atomic E-state index is 4.38. The first-order chi connectivity index (χ1) is 8.84. The largest absolute Gasteiger partial charge is 0.309 e. The Balaban J connectivity index is 1.60. The highest BCUT2D eigenvalue weighted by Crippen LogP contribution is 2.28. The fourth-order valence-electron chi connectivity index (χ4n) is 2.74. The summed E-state index contributed by atoms with van der Waals surface area (Å²) in [5, 5.41) is 12.4. The summed E-state index contributed by atoms with van der Waals surface area (Å²) in [5.41, 5.74) is 4.26. The van der Waals surface area contributed by atoms with Crippen LogP contribution < -0.4 is 5.32 Å². The highest BCUT2D eigenvalue weighted by atomic mass is 32.1. The molecule has 1 aliphatic carbocycles. The van der Waals surface area contributed by atoms with Crippen LogP contribution in [0.5, 0.6) is 0 Å². The van der Waals surface area contributed by atoms with E-state index in [1.165, 1.54) is 36.1 Å². The lowest BCUT2D eigenvalue weighted by molar-refractivity contribution is 0.455. The van der Waals surface area contributed by atoms with Crippen molar-refractivity contribution in [1.29, 1.82) is 0 Å². The summed E-state index contributed by atoms with van der Waals surface area (Å²) in [7, 11) is 2.05. The number of hydrogen-bond acceptors (Lipinski definition) is 3. The Hall–Kier alpha value is -1.13. The van der Waals surface area contributed by atoms with Crippen molar-refractivity contribution >= 4 is 11.3 Å². The molecule has 0 spiro atoms. The molecule has 1 unspecified atom stereocenters. The van der Waals surface area contributed by atoms with E-state index in [1.807, 2.05) is 17.9 Å². The van der Waals surface area contributed by atoms with Crippen LogP contribution in [0, 0.1) is 0 Å². The van der Waals surface area contributed by atoms with Gasteiger partial charge < -0.3 is 5.32 Å². The number of rotatable bonds is 4. The summed E-state index contributed by atoms with van der Waals surface area (Å²) in [5.74, 6) is 0. The molecule has 4 heteroatoms. The SMILES string of the molecule is Cn1ncc2c1CCCC2NCCc1ccsc1. The molecule has 0 saturated heterocycles. The fourth-order valence-corrected chi connectivity index (χ4v) is 3.45. The molecule has 1 atom stereocenters. The summed E-state index contributed by atoms with van der Waals surface area (Å²) in [6.07, 6.45) is 6.84. The fraction of sp³-hybridized carbons (Fsp3) is 0.500. The van der Waals surface area contributed by atoms with Gasteiger partial charge in [0.2, 0.25) is 0 Å². The minimum Gasteiger partial charge on any atom is -0.309 e. The minimum atomic E-state index is 0.501. The van der Waals surface area contributed by atoms with Crippen LogP contribution in [0.4, 0.5) is 0 Å². The number of hydrogen-bond donors (Lipinski definition) is 1. The van der Waals surface area contributed by atoms with Gasteiger partial charge in [-0.3, -0.25) is 4.68 Å². The average Bonchev–Trinajstić information content (AvgIpc) is 3.01. The number of thiophene rings is 1. The second-order valence-electron chi connectivity index (χ2n) is 4.95. The second-order valence-corrected chi connectivity index (χ2v) is 5.73.